The Labute approximate surface area is 180 Å². The number of ether oxygens (including phenoxy) is 1. The SMILES string of the molecule is COC(=O)c1c(S(=O)(=O)Nc2ccccc2C)sc2c1CCN(C(=O)CC1CC1)C2. The maximum atomic E-state index is 13.2. The molecular weight excluding hydrogens is 424 g/mol. The molecule has 1 aliphatic heterocycles. The number of methoxy groups -OCH3 is 1. The number of para-hydroxylation sites is 1. The molecule has 0 unspecified atom stereocenters. The van der Waals surface area contributed by atoms with Crippen molar-refractivity contribution in [2.45, 2.75) is 43.4 Å². The van der Waals surface area contributed by atoms with Crippen molar-refractivity contribution in [2.75, 3.05) is 18.4 Å². The number of fused-ring (bicyclic) bond motifs is 1. The van der Waals surface area contributed by atoms with Crippen molar-refractivity contribution >= 4 is 38.9 Å². The smallest absolute Gasteiger partial charge is 0.340 e. The molecule has 4 rings (SSSR count). The van der Waals surface area contributed by atoms with Gasteiger partial charge in [0, 0.05) is 17.8 Å². The molecule has 1 amide bonds. The van der Waals surface area contributed by atoms with Crippen LogP contribution in [0.3, 0.4) is 0 Å². The molecule has 2 heterocycles. The summed E-state index contributed by atoms with van der Waals surface area (Å²) in [5, 5.41) is 0. The van der Waals surface area contributed by atoms with Crippen LogP contribution in [0, 0.1) is 12.8 Å². The predicted octanol–water partition coefficient (Wildman–Crippen LogP) is 3.33. The number of carbonyl (C=O) groups excluding carboxylic acids is 2. The molecule has 160 valence electrons. The number of rotatable bonds is 6. The minimum Gasteiger partial charge on any atom is -0.465 e. The van der Waals surface area contributed by atoms with Crippen LogP contribution in [0.1, 0.15) is 45.6 Å². The summed E-state index contributed by atoms with van der Waals surface area (Å²) < 4.78 is 33.8. The van der Waals surface area contributed by atoms with Crippen LogP contribution in [0.25, 0.3) is 0 Å². The molecule has 1 aromatic carbocycles. The summed E-state index contributed by atoms with van der Waals surface area (Å²) >= 11 is 1.05. The van der Waals surface area contributed by atoms with Crippen molar-refractivity contribution in [1.82, 2.24) is 4.90 Å². The first-order chi connectivity index (χ1) is 14.3. The van der Waals surface area contributed by atoms with E-state index in [9.17, 15) is 18.0 Å². The first kappa shape index (κ1) is 20.9. The van der Waals surface area contributed by atoms with Crippen molar-refractivity contribution in [1.29, 1.82) is 0 Å². The highest BCUT2D eigenvalue weighted by Crippen LogP contribution is 2.39. The van der Waals surface area contributed by atoms with E-state index in [0.29, 0.717) is 43.1 Å². The van der Waals surface area contributed by atoms with Gasteiger partial charge in [0.2, 0.25) is 5.91 Å². The minimum absolute atomic E-state index is 0.0564. The van der Waals surface area contributed by atoms with E-state index in [0.717, 1.165) is 34.6 Å². The maximum Gasteiger partial charge on any atom is 0.340 e. The number of esters is 1. The fourth-order valence-corrected chi connectivity index (χ4v) is 6.70. The summed E-state index contributed by atoms with van der Waals surface area (Å²) in [7, 11) is -2.76. The summed E-state index contributed by atoms with van der Waals surface area (Å²) in [6.07, 6.45) is 3.18. The third kappa shape index (κ3) is 4.09. The lowest BCUT2D eigenvalue weighted by Gasteiger charge is -2.27. The largest absolute Gasteiger partial charge is 0.465 e. The second-order valence-electron chi connectivity index (χ2n) is 7.79. The molecule has 7 nitrogen and oxygen atoms in total. The van der Waals surface area contributed by atoms with E-state index in [1.54, 1.807) is 17.0 Å². The Morgan fingerprint density at radius 1 is 1.27 bits per heavy atom. The van der Waals surface area contributed by atoms with Gasteiger partial charge in [-0.05, 0) is 49.3 Å². The van der Waals surface area contributed by atoms with Gasteiger partial charge in [0.15, 0.2) is 4.21 Å². The summed E-state index contributed by atoms with van der Waals surface area (Å²) in [4.78, 5) is 27.5. The van der Waals surface area contributed by atoms with Crippen LogP contribution in [0.15, 0.2) is 28.5 Å². The zero-order valence-corrected chi connectivity index (χ0v) is 18.6. The molecule has 0 bridgehead atoms. The molecule has 1 N–H and O–H groups in total. The van der Waals surface area contributed by atoms with Crippen LogP contribution in [-0.4, -0.2) is 38.8 Å². The van der Waals surface area contributed by atoms with Gasteiger partial charge in [0.05, 0.1) is 24.9 Å². The fourth-order valence-electron chi connectivity index (χ4n) is 3.67. The molecule has 1 saturated carbocycles. The number of nitrogens with one attached hydrogen (secondary N) is 1. The van der Waals surface area contributed by atoms with Crippen LogP contribution < -0.4 is 4.72 Å². The lowest BCUT2D eigenvalue weighted by Crippen LogP contribution is -2.35. The lowest BCUT2D eigenvalue weighted by molar-refractivity contribution is -0.132. The highest BCUT2D eigenvalue weighted by atomic mass is 32.2. The molecule has 0 saturated heterocycles. The highest BCUT2D eigenvalue weighted by Gasteiger charge is 2.36. The fraction of sp³-hybridized carbons (Fsp3) is 0.429. The van der Waals surface area contributed by atoms with Gasteiger partial charge in [-0.25, -0.2) is 13.2 Å². The summed E-state index contributed by atoms with van der Waals surface area (Å²) in [5.74, 6) is -0.0869. The van der Waals surface area contributed by atoms with Gasteiger partial charge < -0.3 is 9.64 Å². The third-order valence-corrected chi connectivity index (χ3v) is 8.66. The van der Waals surface area contributed by atoms with Crippen LogP contribution in [0.5, 0.6) is 0 Å². The van der Waals surface area contributed by atoms with Crippen molar-refractivity contribution in [3.05, 3.63) is 45.8 Å². The second kappa shape index (κ2) is 8.03. The van der Waals surface area contributed by atoms with Gasteiger partial charge in [-0.3, -0.25) is 9.52 Å². The molecule has 0 radical (unpaired) electrons. The van der Waals surface area contributed by atoms with Gasteiger partial charge in [0.25, 0.3) is 10.0 Å². The molecule has 1 aliphatic carbocycles. The highest BCUT2D eigenvalue weighted by molar-refractivity contribution is 7.94. The van der Waals surface area contributed by atoms with Crippen LogP contribution in [0.2, 0.25) is 0 Å². The Morgan fingerprint density at radius 3 is 2.67 bits per heavy atom. The topological polar surface area (TPSA) is 92.8 Å². The quantitative estimate of drug-likeness (QED) is 0.685. The van der Waals surface area contributed by atoms with E-state index in [4.69, 9.17) is 4.74 Å². The Morgan fingerprint density at radius 2 is 2.00 bits per heavy atom. The molecular formula is C21H24N2O5S2. The normalized spacial score (nSPS) is 16.1. The van der Waals surface area contributed by atoms with Crippen LogP contribution in [-0.2, 0) is 32.5 Å². The predicted molar refractivity (Wildman–Crippen MR) is 114 cm³/mol. The van der Waals surface area contributed by atoms with Crippen molar-refractivity contribution in [3.8, 4) is 0 Å². The van der Waals surface area contributed by atoms with Gasteiger partial charge >= 0.3 is 5.97 Å². The number of aryl methyl sites for hydroxylation is 1. The van der Waals surface area contributed by atoms with E-state index < -0.39 is 16.0 Å². The van der Waals surface area contributed by atoms with E-state index >= 15 is 0 Å². The van der Waals surface area contributed by atoms with E-state index in [-0.39, 0.29) is 15.7 Å². The molecule has 1 fully saturated rings. The van der Waals surface area contributed by atoms with E-state index in [2.05, 4.69) is 4.72 Å². The monoisotopic (exact) mass is 448 g/mol. The Bertz CT molecular complexity index is 1100. The Balaban J connectivity index is 1.68. The lowest BCUT2D eigenvalue weighted by atomic mass is 10.0. The zero-order chi connectivity index (χ0) is 21.5. The van der Waals surface area contributed by atoms with Crippen molar-refractivity contribution in [3.63, 3.8) is 0 Å². The van der Waals surface area contributed by atoms with Crippen molar-refractivity contribution < 1.29 is 22.7 Å². The molecule has 0 atom stereocenters. The first-order valence-electron chi connectivity index (χ1n) is 9.89. The maximum absolute atomic E-state index is 13.2. The molecule has 0 spiro atoms. The first-order valence-corrected chi connectivity index (χ1v) is 12.2. The Kier molecular flexibility index (Phi) is 5.59. The molecule has 9 heteroatoms. The van der Waals surface area contributed by atoms with Gasteiger partial charge in [-0.1, -0.05) is 18.2 Å². The number of benzene rings is 1. The average molecular weight is 449 g/mol. The summed E-state index contributed by atoms with van der Waals surface area (Å²) in [6, 6.07) is 7.05. The molecule has 2 aliphatic rings. The summed E-state index contributed by atoms with van der Waals surface area (Å²) in [6.45, 7) is 2.61. The van der Waals surface area contributed by atoms with E-state index in [1.807, 2.05) is 19.1 Å². The molecule has 2 aromatic rings. The number of anilines is 1. The number of carbonyl (C=O) groups is 2. The number of hydrogen-bond donors (Lipinski definition) is 1. The van der Waals surface area contributed by atoms with Gasteiger partial charge in [0.1, 0.15) is 0 Å². The number of hydrogen-bond acceptors (Lipinski definition) is 6. The van der Waals surface area contributed by atoms with Crippen LogP contribution in [0.4, 0.5) is 5.69 Å². The number of amides is 1. The summed E-state index contributed by atoms with van der Waals surface area (Å²) in [5.41, 5.74) is 2.00. The van der Waals surface area contributed by atoms with Gasteiger partial charge in [-0.2, -0.15) is 0 Å². The Hall–Kier alpha value is -2.39. The number of sulfonamides is 1. The number of thiophene rings is 1. The minimum atomic E-state index is -4.00. The standard InChI is InChI=1S/C21H24N2O5S2/c1-13-5-3-4-6-16(13)22-30(26,27)21-19(20(25)28-2)15-9-10-23(12-17(15)29-21)18(24)11-14-7-8-14/h3-6,14,22H,7-12H2,1-2H3. The van der Waals surface area contributed by atoms with Crippen molar-refractivity contribution in [2.24, 2.45) is 5.92 Å². The number of nitrogens with zero attached hydrogens (tertiary/aromatic N) is 1. The molecule has 1 aromatic heterocycles. The zero-order valence-electron chi connectivity index (χ0n) is 16.9. The third-order valence-electron chi connectivity index (χ3n) is 5.56. The van der Waals surface area contributed by atoms with E-state index in [1.165, 1.54) is 7.11 Å². The molecule has 30 heavy (non-hydrogen) atoms. The average Bonchev–Trinajstić information content (AvgIpc) is 3.44. The second-order valence-corrected chi connectivity index (χ2v) is 10.8. The van der Waals surface area contributed by atoms with Crippen LogP contribution >= 0.6 is 11.3 Å². The van der Waals surface area contributed by atoms with Gasteiger partial charge in [-0.15, -0.1) is 11.3 Å².